The van der Waals surface area contributed by atoms with Gasteiger partial charge in [0, 0.05) is 43.9 Å². The van der Waals surface area contributed by atoms with E-state index in [0.717, 1.165) is 3.51 Å². The van der Waals surface area contributed by atoms with Crippen LogP contribution in [-0.2, 0) is 47.7 Å². The van der Waals surface area contributed by atoms with Gasteiger partial charge in [0.25, 0.3) is 9.05 Å². The third kappa shape index (κ3) is 34.4. The van der Waals surface area contributed by atoms with E-state index in [1.165, 1.54) is 14.6 Å². The average Bonchev–Trinajstić information content (AvgIpc) is 2.93. The van der Waals surface area contributed by atoms with Crippen LogP contribution in [0, 0.1) is 8.50 Å². The first-order chi connectivity index (χ1) is 21.8. The minimum absolute atomic E-state index is 0. The molecule has 0 fully saturated rings. The van der Waals surface area contributed by atoms with E-state index in [1.54, 1.807) is 66.7 Å². The standard InChI is InChI=1S/C10H14INO2S.C10H15NO2S.C6H5ClO2S.CHI3.CH2I2.CH2I.V/c1-10(2,3)12-15(13,14)9-7-5-4-6-8(9)11;1-10(2,3)11-14(12,13)9-7-5-4-6-8-9;7-10(8,9)6-4-2-1-3-5-6;2-1(3)4;2-1-3;1-2;/h4-7,12H,1-3H3;4-8,11H,1-3H3;1-5H;1H;1H2;1H2;/q;;;;;-1;. The number of hydrogen-bond acceptors (Lipinski definition) is 6. The van der Waals surface area contributed by atoms with Crippen molar-refractivity contribution in [2.24, 2.45) is 0 Å². The Morgan fingerprint density at radius 2 is 0.918 bits per heavy atom. The second-order valence-corrected chi connectivity index (χ2v) is 32.9. The Labute approximate surface area is 406 Å². The van der Waals surface area contributed by atoms with Crippen LogP contribution >= 0.6 is 169 Å². The third-order valence-corrected chi connectivity index (χ3v) is 10.4. The summed E-state index contributed by atoms with van der Waals surface area (Å²) in [5, 5.41) is 0. The van der Waals surface area contributed by atoms with E-state index in [4.69, 9.17) is 10.7 Å². The zero-order chi connectivity index (χ0) is 38.4. The van der Waals surface area contributed by atoms with Crippen molar-refractivity contribution in [1.29, 1.82) is 0 Å². The van der Waals surface area contributed by atoms with Gasteiger partial charge >= 0.3 is 0 Å². The molecule has 3 rings (SSSR count). The topological polar surface area (TPSA) is 126 Å². The summed E-state index contributed by atoms with van der Waals surface area (Å²) < 4.78 is 76.4. The Balaban J connectivity index is -0.000000277. The molecular weight excluding hydrogens is 1540 g/mol. The normalized spacial score (nSPS) is 11.1. The molecule has 0 aliphatic heterocycles. The number of rotatable bonds is 5. The largest absolute Gasteiger partial charge is 0.319 e. The molecule has 8 nitrogen and oxygen atoms in total. The van der Waals surface area contributed by atoms with Gasteiger partial charge in [0.05, 0.1) is 17.1 Å². The average molecular weight is 1580 g/mol. The van der Waals surface area contributed by atoms with E-state index in [9.17, 15) is 25.3 Å². The number of sulfonamides is 2. The first-order valence-electron chi connectivity index (χ1n) is 13.0. The summed E-state index contributed by atoms with van der Waals surface area (Å²) in [6.07, 6.45) is 0. The molecule has 2 N–H and O–H groups in total. The van der Waals surface area contributed by atoms with E-state index in [2.05, 4.69) is 127 Å². The fourth-order valence-corrected chi connectivity index (χ4v) is 7.75. The molecular formula is C29H39ClI7N2O6S3V-. The SMILES string of the molecule is CC(C)(C)NS(=O)(=O)c1ccccc1.CC(C)(C)NS(=O)(=O)c1ccccc1I.IC(I)I.ICI.O=S(=O)(Cl)c1ccccc1.[CH2-]I.[V]. The number of nitrogens with one attached hydrogen (secondary N) is 2. The van der Waals surface area contributed by atoms with Crippen LogP contribution in [0.4, 0.5) is 0 Å². The predicted octanol–water partition coefficient (Wildman–Crippen LogP) is 11.3. The van der Waals surface area contributed by atoms with Gasteiger partial charge in [-0.1, -0.05) is 161 Å². The molecule has 20 heteroatoms. The van der Waals surface area contributed by atoms with Crippen molar-refractivity contribution in [2.75, 3.05) is 2.43 Å². The Morgan fingerprint density at radius 1 is 0.633 bits per heavy atom. The van der Waals surface area contributed by atoms with Gasteiger partial charge in [-0.2, -0.15) is 0 Å². The van der Waals surface area contributed by atoms with Gasteiger partial charge in [-0.3, -0.25) is 4.93 Å². The minimum Gasteiger partial charge on any atom is -0.319 e. The summed E-state index contributed by atoms with van der Waals surface area (Å²) >= 11 is 15.4. The maximum Gasteiger partial charge on any atom is 0.261 e. The van der Waals surface area contributed by atoms with Gasteiger partial charge < -0.3 is 22.6 Å². The summed E-state index contributed by atoms with van der Waals surface area (Å²) in [6.45, 7) is 10.9. The quantitative estimate of drug-likeness (QED) is 0.113. The van der Waals surface area contributed by atoms with Crippen LogP contribution in [-0.4, -0.2) is 38.7 Å². The van der Waals surface area contributed by atoms with Crippen molar-refractivity contribution < 1.29 is 43.8 Å². The molecule has 0 saturated heterocycles. The van der Waals surface area contributed by atoms with E-state index >= 15 is 0 Å². The van der Waals surface area contributed by atoms with Crippen LogP contribution in [0.25, 0.3) is 0 Å². The molecule has 0 saturated carbocycles. The first-order valence-corrected chi connectivity index (χ1v) is 27.6. The van der Waals surface area contributed by atoms with Crippen molar-refractivity contribution in [3.05, 3.63) is 93.4 Å². The fraction of sp³-hybridized carbons (Fsp3) is 0.345. The molecule has 0 bridgehead atoms. The number of halogens is 8. The second kappa shape index (κ2) is 30.5. The van der Waals surface area contributed by atoms with Crippen molar-refractivity contribution in [3.63, 3.8) is 0 Å². The van der Waals surface area contributed by atoms with Gasteiger partial charge in [0.15, 0.2) is 0 Å². The van der Waals surface area contributed by atoms with Gasteiger partial charge in [0.2, 0.25) is 20.0 Å². The maximum atomic E-state index is 12.0. The molecule has 0 aliphatic rings. The van der Waals surface area contributed by atoms with Crippen molar-refractivity contribution in [1.82, 2.24) is 9.44 Å². The number of hydrogen-bond donors (Lipinski definition) is 2. The Hall–Kier alpha value is 3.41. The summed E-state index contributed by atoms with van der Waals surface area (Å²) in [7, 11) is -5.27. The molecule has 0 heterocycles. The van der Waals surface area contributed by atoms with Crippen LogP contribution in [0.3, 0.4) is 0 Å². The van der Waals surface area contributed by atoms with Gasteiger partial charge in [-0.05, 0) is 101 Å². The molecule has 0 unspecified atom stereocenters. The van der Waals surface area contributed by atoms with Crippen molar-refractivity contribution >= 4 is 198 Å². The zero-order valence-corrected chi connectivity index (χ0v) is 46.9. The summed E-state index contributed by atoms with van der Waals surface area (Å²) in [6, 6.07) is 23.1. The van der Waals surface area contributed by atoms with E-state index in [1.807, 2.05) is 92.8 Å². The van der Waals surface area contributed by atoms with Crippen LogP contribution in [0.2, 0.25) is 0 Å². The van der Waals surface area contributed by atoms with Crippen molar-refractivity contribution in [2.45, 2.75) is 67.2 Å². The summed E-state index contributed by atoms with van der Waals surface area (Å²) in [4.78, 5) is 3.99. The molecule has 0 amide bonds. The minimum atomic E-state index is -3.53. The van der Waals surface area contributed by atoms with Crippen molar-refractivity contribution in [3.8, 4) is 0 Å². The van der Waals surface area contributed by atoms with E-state index in [0.29, 0.717) is 9.79 Å². The number of benzene rings is 3. The Kier molecular flexibility index (Phi) is 36.8. The molecule has 0 spiro atoms. The first kappa shape index (κ1) is 59.1. The van der Waals surface area contributed by atoms with Crippen LogP contribution in [0.15, 0.2) is 99.6 Å². The van der Waals surface area contributed by atoms with E-state index < -0.39 is 40.2 Å². The van der Waals surface area contributed by atoms with Crippen LogP contribution < -0.4 is 9.44 Å². The van der Waals surface area contributed by atoms with Crippen LogP contribution in [0.1, 0.15) is 41.5 Å². The smallest absolute Gasteiger partial charge is 0.261 e. The van der Waals surface area contributed by atoms with E-state index in [-0.39, 0.29) is 23.5 Å². The van der Waals surface area contributed by atoms with Gasteiger partial charge in [-0.25, -0.2) is 34.7 Å². The molecule has 0 atom stereocenters. The summed E-state index contributed by atoms with van der Waals surface area (Å²) in [5.41, 5.74) is -0.910. The maximum absolute atomic E-state index is 12.0. The Bertz CT molecular complexity index is 1610. The zero-order valence-electron chi connectivity index (χ0n) is 27.2. The molecule has 3 aromatic carbocycles. The molecule has 1 radical (unpaired) electrons. The second-order valence-electron chi connectivity index (χ2n) is 10.6. The molecule has 0 aromatic heterocycles. The molecule has 3 aromatic rings. The number of alkyl halides is 5. The Morgan fingerprint density at radius 3 is 1.20 bits per heavy atom. The molecule has 0 aliphatic carbocycles. The predicted molar refractivity (Wildman–Crippen MR) is 263 cm³/mol. The third-order valence-electron chi connectivity index (χ3n) is 4.09. The summed E-state index contributed by atoms with van der Waals surface area (Å²) in [5.74, 6) is 0. The fourth-order valence-electron chi connectivity index (χ4n) is 2.77. The van der Waals surface area contributed by atoms with Gasteiger partial charge in [0.1, 0.15) is -0.0619 Å². The monoisotopic (exact) mass is 1580 g/mol. The molecule has 49 heavy (non-hydrogen) atoms. The van der Waals surface area contributed by atoms with Gasteiger partial charge in [-0.15, -0.1) is 0 Å². The molecule has 281 valence electrons. The van der Waals surface area contributed by atoms with Crippen LogP contribution in [0.5, 0.6) is 0 Å².